The van der Waals surface area contributed by atoms with Crippen LogP contribution in [-0.2, 0) is 13.3 Å². The van der Waals surface area contributed by atoms with Crippen LogP contribution >= 0.6 is 0 Å². The van der Waals surface area contributed by atoms with Crippen molar-refractivity contribution < 1.29 is 22.9 Å². The Balaban J connectivity index is 2.58. The predicted molar refractivity (Wildman–Crippen MR) is 88.6 cm³/mol. The quantitative estimate of drug-likeness (QED) is 0.250. The van der Waals surface area contributed by atoms with Gasteiger partial charge in [0.25, 0.3) is 0 Å². The highest BCUT2D eigenvalue weighted by atomic mass is 28.4. The minimum absolute atomic E-state index is 0.0320. The van der Waals surface area contributed by atoms with E-state index in [4.69, 9.17) is 18.0 Å². The molecule has 1 aromatic carbocycles. The van der Waals surface area contributed by atoms with Gasteiger partial charge < -0.3 is 18.0 Å². The van der Waals surface area contributed by atoms with Gasteiger partial charge in [0.15, 0.2) is 5.75 Å². The first-order chi connectivity index (χ1) is 11.1. The molecular formula is C15H25NO6Si. The molecule has 1 rings (SSSR count). The van der Waals surface area contributed by atoms with E-state index in [-0.39, 0.29) is 11.4 Å². The van der Waals surface area contributed by atoms with E-state index in [2.05, 4.69) is 0 Å². The normalized spacial score (nSPS) is 11.4. The zero-order valence-corrected chi connectivity index (χ0v) is 14.9. The van der Waals surface area contributed by atoms with E-state index in [1.54, 1.807) is 18.2 Å². The van der Waals surface area contributed by atoms with E-state index in [0.717, 1.165) is 0 Å². The molecule has 0 aliphatic carbocycles. The van der Waals surface area contributed by atoms with Crippen LogP contribution in [0.2, 0.25) is 6.04 Å². The molecule has 0 saturated heterocycles. The lowest BCUT2D eigenvalue weighted by Crippen LogP contribution is -2.46. The second-order valence-electron chi connectivity index (χ2n) is 4.66. The van der Waals surface area contributed by atoms with E-state index >= 15 is 0 Å². The largest absolute Gasteiger partial charge is 0.501 e. The molecule has 0 atom stereocenters. The van der Waals surface area contributed by atoms with Crippen molar-refractivity contribution in [2.75, 3.05) is 26.4 Å². The molecule has 0 N–H and O–H groups in total. The molecule has 23 heavy (non-hydrogen) atoms. The summed E-state index contributed by atoms with van der Waals surface area (Å²) in [6.45, 7) is 7.63. The highest BCUT2D eigenvalue weighted by Gasteiger charge is 2.39. The number of benzene rings is 1. The zero-order chi connectivity index (χ0) is 17.1. The maximum absolute atomic E-state index is 10.9. The Morgan fingerprint density at radius 2 is 1.61 bits per heavy atom. The third-order valence-corrected chi connectivity index (χ3v) is 6.19. The Labute approximate surface area is 138 Å². The molecular weight excluding hydrogens is 318 g/mol. The molecule has 0 aliphatic heterocycles. The lowest BCUT2D eigenvalue weighted by Gasteiger charge is -2.28. The number of hydrogen-bond acceptors (Lipinski definition) is 6. The van der Waals surface area contributed by atoms with Crippen LogP contribution in [0.3, 0.4) is 0 Å². The van der Waals surface area contributed by atoms with Crippen LogP contribution in [0.1, 0.15) is 27.2 Å². The van der Waals surface area contributed by atoms with Gasteiger partial charge in [-0.2, -0.15) is 0 Å². The first-order valence-electron chi connectivity index (χ1n) is 7.86. The molecule has 0 fully saturated rings. The molecule has 7 nitrogen and oxygen atoms in total. The summed E-state index contributed by atoms with van der Waals surface area (Å²) in [5, 5.41) is 10.9. The highest BCUT2D eigenvalue weighted by Crippen LogP contribution is 2.26. The fraction of sp³-hybridized carbons (Fsp3) is 0.600. The van der Waals surface area contributed by atoms with Gasteiger partial charge in [0.05, 0.1) is 11.5 Å². The second-order valence-corrected chi connectivity index (χ2v) is 7.39. The summed E-state index contributed by atoms with van der Waals surface area (Å²) in [6.07, 6.45) is 0.637. The number of ether oxygens (including phenoxy) is 1. The van der Waals surface area contributed by atoms with Crippen molar-refractivity contribution in [1.82, 2.24) is 0 Å². The van der Waals surface area contributed by atoms with E-state index in [1.807, 2.05) is 20.8 Å². The van der Waals surface area contributed by atoms with Gasteiger partial charge in [0.1, 0.15) is 0 Å². The summed E-state index contributed by atoms with van der Waals surface area (Å²) < 4.78 is 22.8. The first kappa shape index (κ1) is 19.6. The Morgan fingerprint density at radius 1 is 1.04 bits per heavy atom. The number of nitro groups is 1. The summed E-state index contributed by atoms with van der Waals surface area (Å²) in [5.41, 5.74) is -0.0320. The molecule has 0 aliphatic rings. The Bertz CT molecular complexity index is 468. The van der Waals surface area contributed by atoms with Crippen molar-refractivity contribution in [3.8, 4) is 5.75 Å². The number of nitrogens with zero attached hydrogens (tertiary/aromatic N) is 1. The number of nitro benzene ring substituents is 1. The van der Waals surface area contributed by atoms with Gasteiger partial charge in [-0.15, -0.1) is 0 Å². The number of rotatable bonds is 12. The standard InChI is InChI=1S/C15H25NO6Si/c1-4-20-23(21-5-2,22-6-3)13-9-12-19-15-11-8-7-10-14(15)16(17)18/h7-8,10-11H,4-6,9,12-13H2,1-3H3. The summed E-state index contributed by atoms with van der Waals surface area (Å²) in [7, 11) is -2.68. The van der Waals surface area contributed by atoms with E-state index in [0.29, 0.717) is 38.9 Å². The average Bonchev–Trinajstić information content (AvgIpc) is 2.52. The maximum Gasteiger partial charge on any atom is 0.501 e. The Morgan fingerprint density at radius 3 is 2.13 bits per heavy atom. The smallest absolute Gasteiger partial charge is 0.487 e. The molecule has 0 aromatic heterocycles. The molecule has 8 heteroatoms. The van der Waals surface area contributed by atoms with E-state index in [1.165, 1.54) is 6.07 Å². The van der Waals surface area contributed by atoms with Crippen molar-refractivity contribution in [2.24, 2.45) is 0 Å². The van der Waals surface area contributed by atoms with Crippen LogP contribution in [0.5, 0.6) is 5.75 Å². The van der Waals surface area contributed by atoms with Crippen molar-refractivity contribution in [1.29, 1.82) is 0 Å². The zero-order valence-electron chi connectivity index (χ0n) is 13.9. The molecule has 0 amide bonds. The minimum Gasteiger partial charge on any atom is -0.487 e. The van der Waals surface area contributed by atoms with Gasteiger partial charge in [-0.3, -0.25) is 10.1 Å². The molecule has 130 valence electrons. The maximum atomic E-state index is 10.9. The third kappa shape index (κ3) is 6.26. The highest BCUT2D eigenvalue weighted by molar-refractivity contribution is 6.60. The van der Waals surface area contributed by atoms with Gasteiger partial charge in [-0.05, 0) is 33.3 Å². The van der Waals surface area contributed by atoms with E-state index in [9.17, 15) is 10.1 Å². The SMILES string of the molecule is CCO[Si](CCCOc1ccccc1[N+](=O)[O-])(OCC)OCC. The van der Waals surface area contributed by atoms with Gasteiger partial charge in [-0.1, -0.05) is 12.1 Å². The number of hydrogen-bond donors (Lipinski definition) is 0. The third-order valence-electron chi connectivity index (χ3n) is 3.04. The summed E-state index contributed by atoms with van der Waals surface area (Å²) in [4.78, 5) is 10.5. The van der Waals surface area contributed by atoms with Crippen LogP contribution in [0.25, 0.3) is 0 Å². The molecule has 0 spiro atoms. The molecule has 0 radical (unpaired) electrons. The Kier molecular flexibility index (Phi) is 8.78. The van der Waals surface area contributed by atoms with Gasteiger partial charge >= 0.3 is 14.5 Å². The molecule has 0 unspecified atom stereocenters. The molecule has 1 aromatic rings. The minimum atomic E-state index is -2.68. The van der Waals surface area contributed by atoms with Gasteiger partial charge in [-0.25, -0.2) is 0 Å². The second kappa shape index (κ2) is 10.3. The van der Waals surface area contributed by atoms with Crippen molar-refractivity contribution in [2.45, 2.75) is 33.2 Å². The van der Waals surface area contributed by atoms with Gasteiger partial charge in [0, 0.05) is 31.9 Å². The topological polar surface area (TPSA) is 80.1 Å². The molecule has 0 bridgehead atoms. The van der Waals surface area contributed by atoms with Crippen molar-refractivity contribution >= 4 is 14.5 Å². The van der Waals surface area contributed by atoms with Crippen LogP contribution in [0.15, 0.2) is 24.3 Å². The Hall–Kier alpha value is -1.48. The summed E-state index contributed by atoms with van der Waals surface area (Å²) in [6, 6.07) is 6.96. The fourth-order valence-electron chi connectivity index (χ4n) is 2.20. The average molecular weight is 343 g/mol. The first-order valence-corrected chi connectivity index (χ1v) is 9.79. The molecule has 0 heterocycles. The monoisotopic (exact) mass is 343 g/mol. The van der Waals surface area contributed by atoms with Gasteiger partial charge in [0.2, 0.25) is 0 Å². The van der Waals surface area contributed by atoms with Crippen LogP contribution in [-0.4, -0.2) is 40.2 Å². The predicted octanol–water partition coefficient (Wildman–Crippen LogP) is 3.41. The van der Waals surface area contributed by atoms with Crippen LogP contribution in [0, 0.1) is 10.1 Å². The van der Waals surface area contributed by atoms with Crippen molar-refractivity contribution in [3.05, 3.63) is 34.4 Å². The van der Waals surface area contributed by atoms with Crippen molar-refractivity contribution in [3.63, 3.8) is 0 Å². The summed E-state index contributed by atoms with van der Waals surface area (Å²) in [5.74, 6) is 0.272. The molecule has 0 saturated carbocycles. The van der Waals surface area contributed by atoms with Crippen LogP contribution < -0.4 is 4.74 Å². The van der Waals surface area contributed by atoms with Crippen LogP contribution in [0.4, 0.5) is 5.69 Å². The number of para-hydroxylation sites is 2. The van der Waals surface area contributed by atoms with E-state index < -0.39 is 13.7 Å². The lowest BCUT2D eigenvalue weighted by molar-refractivity contribution is -0.385. The lowest BCUT2D eigenvalue weighted by atomic mass is 10.3. The fourth-order valence-corrected chi connectivity index (χ4v) is 4.78. The summed E-state index contributed by atoms with van der Waals surface area (Å²) >= 11 is 0.